The van der Waals surface area contributed by atoms with E-state index in [1.807, 2.05) is 84.9 Å². The van der Waals surface area contributed by atoms with Crippen LogP contribution in [0.25, 0.3) is 54.8 Å². The maximum Gasteiger partial charge on any atom is 0.340 e. The Morgan fingerprint density at radius 2 is 1.31 bits per heavy atom. The summed E-state index contributed by atoms with van der Waals surface area (Å²) in [6.45, 7) is 0. The number of aromatic nitrogens is 1. The SMILES string of the molecule is On1c([NH+]=Nc2ccc3oc4ccccc4c3c2)cc2cc3oc4ccccc4c3cc21. The highest BCUT2D eigenvalue weighted by atomic mass is 16.5. The van der Waals surface area contributed by atoms with Gasteiger partial charge in [-0.05, 0) is 41.1 Å². The van der Waals surface area contributed by atoms with Crippen LogP contribution in [0.1, 0.15) is 0 Å². The lowest BCUT2D eigenvalue weighted by Crippen LogP contribution is -2.58. The second-order valence-electron chi connectivity index (χ2n) is 7.85. The second kappa shape index (κ2) is 6.21. The first-order valence-electron chi connectivity index (χ1n) is 10.3. The van der Waals surface area contributed by atoms with Crippen LogP contribution in [0.4, 0.5) is 11.5 Å². The highest BCUT2D eigenvalue weighted by molar-refractivity contribution is 6.10. The summed E-state index contributed by atoms with van der Waals surface area (Å²) >= 11 is 0. The monoisotopic (exact) mass is 418 g/mol. The number of nitrogens with one attached hydrogen (secondary N) is 1. The average Bonchev–Trinajstić information content (AvgIpc) is 3.47. The van der Waals surface area contributed by atoms with Crippen molar-refractivity contribution in [2.24, 2.45) is 5.11 Å². The van der Waals surface area contributed by atoms with Gasteiger partial charge in [-0.3, -0.25) is 0 Å². The Morgan fingerprint density at radius 3 is 2.09 bits per heavy atom. The number of para-hydroxylation sites is 2. The highest BCUT2D eigenvalue weighted by Gasteiger charge is 2.18. The molecule has 6 nitrogen and oxygen atoms in total. The van der Waals surface area contributed by atoms with E-state index in [0.717, 1.165) is 59.7 Å². The van der Waals surface area contributed by atoms with Crippen molar-refractivity contribution in [2.45, 2.75) is 0 Å². The van der Waals surface area contributed by atoms with Crippen molar-refractivity contribution in [3.8, 4) is 0 Å². The third kappa shape index (κ3) is 2.40. The van der Waals surface area contributed by atoms with E-state index in [4.69, 9.17) is 8.83 Å². The molecule has 6 heteroatoms. The van der Waals surface area contributed by atoms with Crippen LogP contribution in [0.2, 0.25) is 0 Å². The van der Waals surface area contributed by atoms with E-state index in [1.165, 1.54) is 0 Å². The van der Waals surface area contributed by atoms with Gasteiger partial charge in [0.15, 0.2) is 5.52 Å². The molecule has 152 valence electrons. The van der Waals surface area contributed by atoms with Gasteiger partial charge in [0.1, 0.15) is 28.0 Å². The number of nitrogens with zero attached hydrogens (tertiary/aromatic N) is 2. The van der Waals surface area contributed by atoms with Gasteiger partial charge in [0.2, 0.25) is 0 Å². The predicted octanol–water partition coefficient (Wildman–Crippen LogP) is 6.17. The van der Waals surface area contributed by atoms with Gasteiger partial charge < -0.3 is 14.0 Å². The first-order valence-corrected chi connectivity index (χ1v) is 10.3. The first kappa shape index (κ1) is 17.1. The molecule has 0 bridgehead atoms. The fourth-order valence-corrected chi connectivity index (χ4v) is 4.40. The molecule has 3 heterocycles. The van der Waals surface area contributed by atoms with E-state index in [-0.39, 0.29) is 0 Å². The van der Waals surface area contributed by atoms with Crippen molar-refractivity contribution in [3.63, 3.8) is 0 Å². The molecule has 3 aromatic heterocycles. The van der Waals surface area contributed by atoms with Gasteiger partial charge in [0.25, 0.3) is 0 Å². The van der Waals surface area contributed by atoms with Crippen molar-refractivity contribution in [1.29, 1.82) is 0 Å². The maximum absolute atomic E-state index is 10.8. The molecule has 0 spiro atoms. The number of hydrogen-bond donors (Lipinski definition) is 2. The standard InChI is InChI=1S/C26H15N3O3/c30-29-21-14-20-18-6-2-4-8-23(18)32-25(20)11-15(21)12-26(29)28-27-16-9-10-24-19(13-16)17-5-1-3-7-22(17)31-24/h1-14,30H/p+1. The first-order chi connectivity index (χ1) is 15.7. The molecule has 32 heavy (non-hydrogen) atoms. The zero-order valence-electron chi connectivity index (χ0n) is 16.7. The molecule has 7 aromatic rings. The minimum atomic E-state index is 0.467. The van der Waals surface area contributed by atoms with E-state index in [0.29, 0.717) is 11.3 Å². The summed E-state index contributed by atoms with van der Waals surface area (Å²) in [5.74, 6) is 0.467. The predicted molar refractivity (Wildman–Crippen MR) is 123 cm³/mol. The van der Waals surface area contributed by atoms with Gasteiger partial charge in [0.05, 0.1) is 0 Å². The lowest BCUT2D eigenvalue weighted by molar-refractivity contribution is -0.443. The van der Waals surface area contributed by atoms with E-state index in [1.54, 1.807) is 0 Å². The van der Waals surface area contributed by atoms with Crippen LogP contribution < -0.4 is 5.11 Å². The van der Waals surface area contributed by atoms with Gasteiger partial charge >= 0.3 is 5.82 Å². The molecule has 0 aliphatic heterocycles. The molecule has 0 amide bonds. The summed E-state index contributed by atoms with van der Waals surface area (Å²) < 4.78 is 13.0. The number of fused-ring (bicyclic) bond motifs is 7. The third-order valence-electron chi connectivity index (χ3n) is 5.93. The Bertz CT molecular complexity index is 1850. The Morgan fingerprint density at radius 1 is 0.656 bits per heavy atom. The van der Waals surface area contributed by atoms with Crippen LogP contribution >= 0.6 is 0 Å². The maximum atomic E-state index is 10.8. The minimum absolute atomic E-state index is 0.467. The Labute approximate surface area is 180 Å². The fraction of sp³-hybridized carbons (Fsp3) is 0. The lowest BCUT2D eigenvalue weighted by Gasteiger charge is -1.92. The number of azo groups is 1. The minimum Gasteiger partial charge on any atom is -0.456 e. The lowest BCUT2D eigenvalue weighted by atomic mass is 10.1. The highest BCUT2D eigenvalue weighted by Crippen LogP contribution is 2.33. The van der Waals surface area contributed by atoms with Crippen LogP contribution in [0.5, 0.6) is 0 Å². The summed E-state index contributed by atoms with van der Waals surface area (Å²) in [7, 11) is 0. The second-order valence-corrected chi connectivity index (χ2v) is 7.85. The molecule has 2 N–H and O–H groups in total. The van der Waals surface area contributed by atoms with E-state index in [2.05, 4.69) is 10.2 Å². The van der Waals surface area contributed by atoms with Crippen molar-refractivity contribution < 1.29 is 19.2 Å². The fourth-order valence-electron chi connectivity index (χ4n) is 4.40. The van der Waals surface area contributed by atoms with Crippen molar-refractivity contribution in [3.05, 3.63) is 84.9 Å². The topological polar surface area (TPSA) is 77.8 Å². The summed E-state index contributed by atoms with van der Waals surface area (Å²) in [5, 5.41) is 23.1. The Hall–Kier alpha value is -4.58. The Kier molecular flexibility index (Phi) is 3.33. The smallest absolute Gasteiger partial charge is 0.340 e. The van der Waals surface area contributed by atoms with Crippen LogP contribution in [-0.4, -0.2) is 9.94 Å². The average molecular weight is 418 g/mol. The van der Waals surface area contributed by atoms with Crippen LogP contribution in [0.3, 0.4) is 0 Å². The molecule has 0 saturated heterocycles. The van der Waals surface area contributed by atoms with Crippen LogP contribution in [0.15, 0.2) is 98.9 Å². The molecule has 0 aliphatic rings. The van der Waals surface area contributed by atoms with E-state index in [9.17, 15) is 5.21 Å². The summed E-state index contributed by atoms with van der Waals surface area (Å²) in [6.07, 6.45) is 0. The molecule has 0 radical (unpaired) electrons. The van der Waals surface area contributed by atoms with Crippen LogP contribution in [0, 0.1) is 0 Å². The number of furan rings is 2. The molecular formula is C26H16N3O3+. The van der Waals surface area contributed by atoms with E-state index >= 15 is 0 Å². The molecule has 0 atom stereocenters. The van der Waals surface area contributed by atoms with Gasteiger partial charge in [0, 0.05) is 39.1 Å². The summed E-state index contributed by atoms with van der Waals surface area (Å²) in [6, 6.07) is 27.3. The zero-order valence-corrected chi connectivity index (χ0v) is 16.7. The normalized spacial score (nSPS) is 12.4. The number of rotatable bonds is 2. The van der Waals surface area contributed by atoms with Crippen LogP contribution in [-0.2, 0) is 0 Å². The molecular weight excluding hydrogens is 402 g/mol. The van der Waals surface area contributed by atoms with Crippen molar-refractivity contribution >= 4 is 66.3 Å². The zero-order chi connectivity index (χ0) is 21.2. The molecule has 0 unspecified atom stereocenters. The molecule has 0 saturated carbocycles. The van der Waals surface area contributed by atoms with Gasteiger partial charge in [-0.25, -0.2) is 0 Å². The molecule has 0 aliphatic carbocycles. The van der Waals surface area contributed by atoms with Crippen molar-refractivity contribution in [2.75, 3.05) is 0 Å². The summed E-state index contributed by atoms with van der Waals surface area (Å²) in [5.41, 5.74) is 4.68. The largest absolute Gasteiger partial charge is 0.456 e. The summed E-state index contributed by atoms with van der Waals surface area (Å²) in [4.78, 5) is 0. The van der Waals surface area contributed by atoms with E-state index < -0.39 is 0 Å². The van der Waals surface area contributed by atoms with Gasteiger partial charge in [-0.15, -0.1) is 5.11 Å². The molecule has 4 aromatic carbocycles. The Balaban J connectivity index is 1.33. The third-order valence-corrected chi connectivity index (χ3v) is 5.93. The molecule has 0 fully saturated rings. The van der Waals surface area contributed by atoms with Gasteiger partial charge in [-0.2, -0.15) is 0 Å². The number of benzene rings is 4. The quantitative estimate of drug-likeness (QED) is 0.260. The number of hydrogen-bond acceptors (Lipinski definition) is 4. The van der Waals surface area contributed by atoms with Crippen molar-refractivity contribution in [1.82, 2.24) is 4.73 Å². The molecule has 7 rings (SSSR count). The van der Waals surface area contributed by atoms with Gasteiger partial charge in [-0.1, -0.05) is 41.5 Å².